The van der Waals surface area contributed by atoms with Crippen molar-refractivity contribution in [3.05, 3.63) is 29.8 Å². The number of aliphatic imine (C=N–C) groups is 1. The highest BCUT2D eigenvalue weighted by molar-refractivity contribution is 6.05. The van der Waals surface area contributed by atoms with Gasteiger partial charge in [0.15, 0.2) is 5.96 Å². The molecular formula is C11H15N3O2. The van der Waals surface area contributed by atoms with Gasteiger partial charge in [0.05, 0.1) is 7.11 Å². The maximum Gasteiger partial charge on any atom is 0.257 e. The van der Waals surface area contributed by atoms with E-state index in [-0.39, 0.29) is 11.9 Å². The summed E-state index contributed by atoms with van der Waals surface area (Å²) in [6.07, 6.45) is 0. The molecule has 0 saturated heterocycles. The van der Waals surface area contributed by atoms with Gasteiger partial charge in [-0.25, -0.2) is 0 Å². The van der Waals surface area contributed by atoms with E-state index in [0.717, 1.165) is 0 Å². The van der Waals surface area contributed by atoms with Crippen molar-refractivity contribution < 1.29 is 9.53 Å². The Morgan fingerprint density at radius 2 is 2.06 bits per heavy atom. The molecule has 0 atom stereocenters. The molecule has 1 amide bonds. The van der Waals surface area contributed by atoms with Crippen molar-refractivity contribution in [1.29, 1.82) is 0 Å². The van der Waals surface area contributed by atoms with Crippen LogP contribution < -0.4 is 15.8 Å². The van der Waals surface area contributed by atoms with E-state index in [9.17, 15) is 4.79 Å². The zero-order chi connectivity index (χ0) is 12.0. The topological polar surface area (TPSA) is 76.7 Å². The molecule has 16 heavy (non-hydrogen) atoms. The third-order valence-electron chi connectivity index (χ3n) is 1.92. The van der Waals surface area contributed by atoms with Crippen LogP contribution in [0.5, 0.6) is 5.75 Å². The molecule has 0 spiro atoms. The molecule has 0 fully saturated rings. The third kappa shape index (κ3) is 3.27. The second kappa shape index (κ2) is 5.75. The molecule has 3 N–H and O–H groups in total. The maximum atomic E-state index is 11.6. The standard InChI is InChI=1S/C11H15N3O2/c1-3-13-11(12)14-10(15)8-4-6-9(16-2)7-5-8/h4-7H,3H2,1-2H3,(H3,12,13,14,15). The number of ether oxygens (including phenoxy) is 1. The zero-order valence-electron chi connectivity index (χ0n) is 9.36. The van der Waals surface area contributed by atoms with Gasteiger partial charge in [0, 0.05) is 12.1 Å². The second-order valence-electron chi connectivity index (χ2n) is 3.04. The molecule has 0 radical (unpaired) electrons. The smallest absolute Gasteiger partial charge is 0.257 e. The maximum absolute atomic E-state index is 11.6. The van der Waals surface area contributed by atoms with Crippen LogP contribution in [0.1, 0.15) is 17.3 Å². The number of nitrogens with two attached hydrogens (primary N) is 1. The predicted molar refractivity (Wildman–Crippen MR) is 62.6 cm³/mol. The highest BCUT2D eigenvalue weighted by atomic mass is 16.5. The molecule has 0 aliphatic carbocycles. The molecule has 86 valence electrons. The lowest BCUT2D eigenvalue weighted by Crippen LogP contribution is -2.36. The fraction of sp³-hybridized carbons (Fsp3) is 0.273. The number of rotatable bonds is 3. The van der Waals surface area contributed by atoms with Gasteiger partial charge in [-0.1, -0.05) is 0 Å². The fourth-order valence-corrected chi connectivity index (χ4v) is 1.14. The van der Waals surface area contributed by atoms with Crippen molar-refractivity contribution in [2.75, 3.05) is 13.7 Å². The number of hydrogen-bond donors (Lipinski definition) is 2. The number of guanidine groups is 1. The Bertz CT molecular complexity index is 385. The SMILES string of the molecule is CCN=C(N)NC(=O)c1ccc(OC)cc1. The van der Waals surface area contributed by atoms with Crippen molar-refractivity contribution in [1.82, 2.24) is 5.32 Å². The summed E-state index contributed by atoms with van der Waals surface area (Å²) in [5.41, 5.74) is 5.98. The first-order valence-electron chi connectivity index (χ1n) is 4.92. The summed E-state index contributed by atoms with van der Waals surface area (Å²) in [5, 5.41) is 2.48. The first kappa shape index (κ1) is 12.0. The molecule has 1 aromatic rings. The van der Waals surface area contributed by atoms with E-state index in [4.69, 9.17) is 10.5 Å². The summed E-state index contributed by atoms with van der Waals surface area (Å²) >= 11 is 0. The lowest BCUT2D eigenvalue weighted by Gasteiger charge is -2.04. The number of benzene rings is 1. The minimum atomic E-state index is -0.280. The molecule has 5 heteroatoms. The van der Waals surface area contributed by atoms with Gasteiger partial charge in [-0.2, -0.15) is 0 Å². The van der Waals surface area contributed by atoms with Crippen LogP contribution in [0.4, 0.5) is 0 Å². The molecule has 0 aromatic heterocycles. The number of nitrogens with zero attached hydrogens (tertiary/aromatic N) is 1. The highest BCUT2D eigenvalue weighted by Gasteiger charge is 2.06. The van der Waals surface area contributed by atoms with Crippen LogP contribution in [0.25, 0.3) is 0 Å². The summed E-state index contributed by atoms with van der Waals surface area (Å²) in [4.78, 5) is 15.5. The Hall–Kier alpha value is -2.04. The summed E-state index contributed by atoms with van der Waals surface area (Å²) in [6.45, 7) is 2.38. The number of amides is 1. The van der Waals surface area contributed by atoms with Crippen LogP contribution in [-0.2, 0) is 0 Å². The average molecular weight is 221 g/mol. The second-order valence-corrected chi connectivity index (χ2v) is 3.04. The average Bonchev–Trinajstić information content (AvgIpc) is 2.29. The minimum Gasteiger partial charge on any atom is -0.497 e. The van der Waals surface area contributed by atoms with Gasteiger partial charge in [-0.15, -0.1) is 0 Å². The van der Waals surface area contributed by atoms with Crippen LogP contribution in [0, 0.1) is 0 Å². The zero-order valence-corrected chi connectivity index (χ0v) is 9.36. The van der Waals surface area contributed by atoms with Crippen molar-refractivity contribution in [3.8, 4) is 5.75 Å². The highest BCUT2D eigenvalue weighted by Crippen LogP contribution is 2.10. The molecule has 0 heterocycles. The molecule has 1 rings (SSSR count). The van der Waals surface area contributed by atoms with Crippen molar-refractivity contribution >= 4 is 11.9 Å². The number of nitrogens with one attached hydrogen (secondary N) is 1. The fourth-order valence-electron chi connectivity index (χ4n) is 1.14. The Morgan fingerprint density at radius 3 is 2.56 bits per heavy atom. The van der Waals surface area contributed by atoms with E-state index >= 15 is 0 Å². The molecule has 0 aliphatic heterocycles. The minimum absolute atomic E-state index is 0.128. The Morgan fingerprint density at radius 1 is 1.44 bits per heavy atom. The summed E-state index contributed by atoms with van der Waals surface area (Å²) in [5.74, 6) is 0.549. The summed E-state index contributed by atoms with van der Waals surface area (Å²) in [7, 11) is 1.57. The quantitative estimate of drug-likeness (QED) is 0.584. The monoisotopic (exact) mass is 221 g/mol. The van der Waals surface area contributed by atoms with Gasteiger partial charge in [0.1, 0.15) is 5.75 Å². The van der Waals surface area contributed by atoms with Gasteiger partial charge in [0.25, 0.3) is 5.91 Å². The van der Waals surface area contributed by atoms with Crippen LogP contribution in [0.15, 0.2) is 29.3 Å². The van der Waals surface area contributed by atoms with E-state index in [0.29, 0.717) is 17.9 Å². The first-order chi connectivity index (χ1) is 7.67. The molecule has 1 aromatic carbocycles. The number of hydrogen-bond acceptors (Lipinski definition) is 3. The van der Waals surface area contributed by atoms with Crippen LogP contribution in [-0.4, -0.2) is 25.5 Å². The predicted octanol–water partition coefficient (Wildman–Crippen LogP) is 0.760. The normalized spacial score (nSPS) is 11.0. The molecule has 0 saturated carbocycles. The van der Waals surface area contributed by atoms with Crippen LogP contribution in [0.3, 0.4) is 0 Å². The largest absolute Gasteiger partial charge is 0.497 e. The lowest BCUT2D eigenvalue weighted by molar-refractivity contribution is 0.0976. The number of methoxy groups -OCH3 is 1. The number of carbonyl (C=O) groups excluding carboxylic acids is 1. The van der Waals surface area contributed by atoms with Crippen molar-refractivity contribution in [3.63, 3.8) is 0 Å². The summed E-state index contributed by atoms with van der Waals surface area (Å²) < 4.78 is 4.99. The van der Waals surface area contributed by atoms with Crippen LogP contribution >= 0.6 is 0 Å². The van der Waals surface area contributed by atoms with Gasteiger partial charge < -0.3 is 10.5 Å². The van der Waals surface area contributed by atoms with E-state index < -0.39 is 0 Å². The van der Waals surface area contributed by atoms with Gasteiger partial charge in [-0.3, -0.25) is 15.1 Å². The summed E-state index contributed by atoms with van der Waals surface area (Å²) in [6, 6.07) is 6.74. The van der Waals surface area contributed by atoms with E-state index in [1.165, 1.54) is 0 Å². The third-order valence-corrected chi connectivity index (χ3v) is 1.92. The molecule has 0 bridgehead atoms. The Kier molecular flexibility index (Phi) is 4.32. The molecule has 0 aliphatic rings. The number of carbonyl (C=O) groups is 1. The van der Waals surface area contributed by atoms with Crippen LogP contribution in [0.2, 0.25) is 0 Å². The van der Waals surface area contributed by atoms with E-state index in [2.05, 4.69) is 10.3 Å². The Labute approximate surface area is 94.3 Å². The lowest BCUT2D eigenvalue weighted by atomic mass is 10.2. The molecular weight excluding hydrogens is 206 g/mol. The van der Waals surface area contributed by atoms with Gasteiger partial charge in [-0.05, 0) is 31.2 Å². The van der Waals surface area contributed by atoms with Crippen molar-refractivity contribution in [2.24, 2.45) is 10.7 Å². The first-order valence-corrected chi connectivity index (χ1v) is 4.92. The van der Waals surface area contributed by atoms with Crippen molar-refractivity contribution in [2.45, 2.75) is 6.92 Å². The molecule has 5 nitrogen and oxygen atoms in total. The van der Waals surface area contributed by atoms with E-state index in [1.54, 1.807) is 31.4 Å². The van der Waals surface area contributed by atoms with E-state index in [1.807, 2.05) is 6.92 Å². The Balaban J connectivity index is 2.69. The van der Waals surface area contributed by atoms with Gasteiger partial charge in [0.2, 0.25) is 0 Å². The van der Waals surface area contributed by atoms with Gasteiger partial charge >= 0.3 is 0 Å². The molecule has 0 unspecified atom stereocenters.